The molecule has 1 aliphatic heterocycles. The van der Waals surface area contributed by atoms with Crippen LogP contribution in [-0.2, 0) is 14.3 Å². The predicted molar refractivity (Wildman–Crippen MR) is 95.0 cm³/mol. The zero-order valence-corrected chi connectivity index (χ0v) is 15.6. The number of hydrogen-bond donors (Lipinski definition) is 4. The first-order valence-electron chi connectivity index (χ1n) is 8.35. The van der Waals surface area contributed by atoms with Crippen LogP contribution in [0.1, 0.15) is 5.56 Å². The van der Waals surface area contributed by atoms with Gasteiger partial charge in [-0.1, -0.05) is 0 Å². The van der Waals surface area contributed by atoms with Gasteiger partial charge in [-0.25, -0.2) is 4.79 Å². The molecule has 156 valence electrons. The minimum Gasteiger partial charge on any atom is -0.493 e. The number of aliphatic hydroxyl groups excluding tert-OH is 4. The Bertz CT molecular complexity index is 677. The Morgan fingerprint density at radius 3 is 2.18 bits per heavy atom. The minimum absolute atomic E-state index is 0.0598. The smallest absolute Gasteiger partial charge is 0.330 e. The average molecular weight is 400 g/mol. The van der Waals surface area contributed by atoms with Crippen molar-refractivity contribution in [3.63, 3.8) is 0 Å². The van der Waals surface area contributed by atoms with E-state index in [0.29, 0.717) is 5.56 Å². The summed E-state index contributed by atoms with van der Waals surface area (Å²) in [5, 5.41) is 39.2. The van der Waals surface area contributed by atoms with Crippen LogP contribution in [0.3, 0.4) is 0 Å². The van der Waals surface area contributed by atoms with Crippen molar-refractivity contribution in [2.75, 3.05) is 27.9 Å². The number of aliphatic hydroxyl groups is 4. The third-order valence-corrected chi connectivity index (χ3v) is 4.18. The van der Waals surface area contributed by atoms with Crippen LogP contribution in [-0.4, -0.2) is 85.0 Å². The Morgan fingerprint density at radius 2 is 1.68 bits per heavy atom. The van der Waals surface area contributed by atoms with E-state index in [-0.39, 0.29) is 17.2 Å². The Kier molecular flexibility index (Phi) is 7.61. The second kappa shape index (κ2) is 9.71. The molecule has 4 N–H and O–H groups in total. The highest BCUT2D eigenvalue weighted by atomic mass is 16.7. The van der Waals surface area contributed by atoms with E-state index < -0.39 is 43.3 Å². The van der Waals surface area contributed by atoms with E-state index in [0.717, 1.165) is 0 Å². The van der Waals surface area contributed by atoms with Crippen molar-refractivity contribution in [3.05, 3.63) is 23.8 Å². The minimum atomic E-state index is -1.59. The average Bonchev–Trinajstić information content (AvgIpc) is 2.72. The molecule has 1 fully saturated rings. The van der Waals surface area contributed by atoms with Crippen molar-refractivity contribution in [1.82, 2.24) is 0 Å². The maximum atomic E-state index is 11.3. The molecule has 10 nitrogen and oxygen atoms in total. The Labute approximate surface area is 161 Å². The normalized spacial score (nSPS) is 27.5. The van der Waals surface area contributed by atoms with Crippen molar-refractivity contribution < 1.29 is 48.9 Å². The Hall–Kier alpha value is -2.37. The molecule has 5 unspecified atom stereocenters. The molecule has 0 radical (unpaired) electrons. The van der Waals surface area contributed by atoms with E-state index in [4.69, 9.17) is 18.9 Å². The third kappa shape index (κ3) is 4.72. The lowest BCUT2D eigenvalue weighted by Gasteiger charge is -2.39. The van der Waals surface area contributed by atoms with Crippen LogP contribution in [0.5, 0.6) is 17.2 Å². The zero-order valence-electron chi connectivity index (χ0n) is 15.6. The number of rotatable bonds is 7. The van der Waals surface area contributed by atoms with E-state index in [9.17, 15) is 25.2 Å². The summed E-state index contributed by atoms with van der Waals surface area (Å²) < 4.78 is 26.1. The first kappa shape index (κ1) is 21.9. The summed E-state index contributed by atoms with van der Waals surface area (Å²) in [6, 6.07) is 3.09. The van der Waals surface area contributed by atoms with E-state index >= 15 is 0 Å². The first-order chi connectivity index (χ1) is 13.4. The van der Waals surface area contributed by atoms with Gasteiger partial charge in [-0.15, -0.1) is 0 Å². The fourth-order valence-corrected chi connectivity index (χ4v) is 2.63. The van der Waals surface area contributed by atoms with E-state index in [2.05, 4.69) is 4.74 Å². The van der Waals surface area contributed by atoms with Crippen LogP contribution in [0, 0.1) is 0 Å². The summed E-state index contributed by atoms with van der Waals surface area (Å²) in [5.41, 5.74) is 0.542. The summed E-state index contributed by atoms with van der Waals surface area (Å²) in [6.07, 6.45) is -4.52. The quantitative estimate of drug-likeness (QED) is 0.335. The second-order valence-corrected chi connectivity index (χ2v) is 5.93. The molecule has 10 heteroatoms. The summed E-state index contributed by atoms with van der Waals surface area (Å²) >= 11 is 0. The molecule has 0 bridgehead atoms. The van der Waals surface area contributed by atoms with Gasteiger partial charge in [0.2, 0.25) is 12.0 Å². The van der Waals surface area contributed by atoms with Gasteiger partial charge in [0.25, 0.3) is 0 Å². The Morgan fingerprint density at radius 1 is 1.07 bits per heavy atom. The maximum absolute atomic E-state index is 11.3. The highest BCUT2D eigenvalue weighted by Gasteiger charge is 2.45. The van der Waals surface area contributed by atoms with Gasteiger partial charge in [0.15, 0.2) is 11.5 Å². The van der Waals surface area contributed by atoms with Crippen LogP contribution < -0.4 is 14.2 Å². The fourth-order valence-electron chi connectivity index (χ4n) is 2.63. The SMILES string of the molecule is COC(=O)C=Cc1cc(OC)c(OC2OC(CO)C(O)C(O)C2O)c(OC)c1. The lowest BCUT2D eigenvalue weighted by molar-refractivity contribution is -0.277. The summed E-state index contributed by atoms with van der Waals surface area (Å²) in [4.78, 5) is 11.3. The zero-order chi connectivity index (χ0) is 20.8. The van der Waals surface area contributed by atoms with Gasteiger partial charge >= 0.3 is 5.97 Å². The molecule has 1 aromatic carbocycles. The number of carbonyl (C=O) groups is 1. The summed E-state index contributed by atoms with van der Waals surface area (Å²) in [6.45, 7) is -0.587. The largest absolute Gasteiger partial charge is 0.493 e. The molecule has 0 saturated carbocycles. The second-order valence-electron chi connectivity index (χ2n) is 5.93. The molecular weight excluding hydrogens is 376 g/mol. The number of benzene rings is 1. The highest BCUT2D eigenvalue weighted by Crippen LogP contribution is 2.40. The van der Waals surface area contributed by atoms with Gasteiger partial charge in [-0.2, -0.15) is 0 Å². The summed E-state index contributed by atoms with van der Waals surface area (Å²) in [7, 11) is 4.01. The van der Waals surface area contributed by atoms with Gasteiger partial charge in [-0.05, 0) is 23.8 Å². The van der Waals surface area contributed by atoms with Crippen molar-refractivity contribution in [1.29, 1.82) is 0 Å². The fraction of sp³-hybridized carbons (Fsp3) is 0.500. The van der Waals surface area contributed by atoms with E-state index in [1.165, 1.54) is 33.5 Å². The highest BCUT2D eigenvalue weighted by molar-refractivity contribution is 5.87. The molecule has 0 aromatic heterocycles. The maximum Gasteiger partial charge on any atom is 0.330 e. The standard InChI is InChI=1S/C18H24O10/c1-24-10-6-9(4-5-13(20)26-3)7-11(25-2)17(10)28-18-16(23)15(22)14(21)12(8-19)27-18/h4-7,12,14-16,18-19,21-23H,8H2,1-3H3. The molecule has 0 spiro atoms. The topological polar surface area (TPSA) is 144 Å². The van der Waals surface area contributed by atoms with E-state index in [1.54, 1.807) is 12.1 Å². The Balaban J connectivity index is 2.33. The lowest BCUT2D eigenvalue weighted by Crippen LogP contribution is -2.60. The number of esters is 1. The van der Waals surface area contributed by atoms with Crippen molar-refractivity contribution >= 4 is 12.0 Å². The lowest BCUT2D eigenvalue weighted by atomic mass is 9.99. The molecule has 5 atom stereocenters. The van der Waals surface area contributed by atoms with Crippen LogP contribution in [0.25, 0.3) is 6.08 Å². The van der Waals surface area contributed by atoms with Crippen molar-refractivity contribution in [3.8, 4) is 17.2 Å². The number of ether oxygens (including phenoxy) is 5. The van der Waals surface area contributed by atoms with E-state index in [1.807, 2.05) is 0 Å². The first-order valence-corrected chi connectivity index (χ1v) is 8.35. The molecule has 1 aromatic rings. The molecule has 1 aliphatic rings. The van der Waals surface area contributed by atoms with Gasteiger partial charge in [-0.3, -0.25) is 0 Å². The predicted octanol–water partition coefficient (Wildman–Crippen LogP) is -0.931. The van der Waals surface area contributed by atoms with Crippen LogP contribution in [0.2, 0.25) is 0 Å². The molecule has 28 heavy (non-hydrogen) atoms. The summed E-state index contributed by atoms with van der Waals surface area (Å²) in [5.74, 6) is -0.0919. The number of hydrogen-bond acceptors (Lipinski definition) is 10. The molecular formula is C18H24O10. The molecule has 0 aliphatic carbocycles. The van der Waals surface area contributed by atoms with Gasteiger partial charge < -0.3 is 44.1 Å². The molecule has 2 rings (SSSR count). The van der Waals surface area contributed by atoms with Crippen molar-refractivity contribution in [2.24, 2.45) is 0 Å². The third-order valence-electron chi connectivity index (χ3n) is 4.18. The van der Waals surface area contributed by atoms with Crippen LogP contribution in [0.4, 0.5) is 0 Å². The van der Waals surface area contributed by atoms with Gasteiger partial charge in [0.1, 0.15) is 24.4 Å². The van der Waals surface area contributed by atoms with Gasteiger partial charge in [0, 0.05) is 6.08 Å². The monoisotopic (exact) mass is 400 g/mol. The molecule has 1 saturated heterocycles. The molecule has 1 heterocycles. The van der Waals surface area contributed by atoms with Crippen LogP contribution >= 0.6 is 0 Å². The van der Waals surface area contributed by atoms with Crippen molar-refractivity contribution in [2.45, 2.75) is 30.7 Å². The molecule has 0 amide bonds. The van der Waals surface area contributed by atoms with Crippen LogP contribution in [0.15, 0.2) is 18.2 Å². The number of methoxy groups -OCH3 is 3. The number of carbonyl (C=O) groups excluding carboxylic acids is 1. The van der Waals surface area contributed by atoms with Gasteiger partial charge in [0.05, 0.1) is 27.9 Å².